The number of rotatable bonds is 1. The smallest absolute Gasteiger partial charge is 0.0947 e. The molecule has 0 aromatic heterocycles. The molecule has 0 aliphatic heterocycles. The van der Waals surface area contributed by atoms with Crippen LogP contribution in [0.3, 0.4) is 0 Å². The van der Waals surface area contributed by atoms with Gasteiger partial charge in [0.25, 0.3) is 0 Å². The van der Waals surface area contributed by atoms with Crippen LogP contribution in [0.5, 0.6) is 0 Å². The summed E-state index contributed by atoms with van der Waals surface area (Å²) in [6.07, 6.45) is 0.693. The van der Waals surface area contributed by atoms with E-state index in [9.17, 15) is 5.11 Å². The number of aliphatic hydroxyl groups excluding tert-OH is 1. The molecule has 0 saturated heterocycles. The largest absolute Gasteiger partial charge is 0.387 e. The molecule has 2 rings (SSSR count). The molecule has 1 aliphatic rings. The van der Waals surface area contributed by atoms with Crippen LogP contribution >= 0.6 is 0 Å². The van der Waals surface area contributed by atoms with Crippen molar-refractivity contribution >= 4 is 0 Å². The molecule has 0 amide bonds. The summed E-state index contributed by atoms with van der Waals surface area (Å²) in [5.41, 5.74) is 2.41. The van der Waals surface area contributed by atoms with E-state index in [0.717, 1.165) is 12.0 Å². The minimum atomic E-state index is -0.340. The van der Waals surface area contributed by atoms with Crippen LogP contribution in [-0.4, -0.2) is 30.1 Å². The molecule has 2 nitrogen and oxygen atoms in total. The van der Waals surface area contributed by atoms with Crippen molar-refractivity contribution < 1.29 is 5.11 Å². The molecule has 1 aromatic carbocycles. The van der Waals surface area contributed by atoms with Gasteiger partial charge in [-0.2, -0.15) is 0 Å². The zero-order chi connectivity index (χ0) is 11.0. The second kappa shape index (κ2) is 3.95. The fraction of sp³-hybridized carbons (Fsp3) is 0.538. The maximum Gasteiger partial charge on any atom is 0.0947 e. The second-order valence-electron chi connectivity index (χ2n) is 4.74. The average Bonchev–Trinajstić information content (AvgIpc) is 2.23. The van der Waals surface area contributed by atoms with E-state index < -0.39 is 0 Å². The number of likely N-dealkylation sites (N-methyl/N-ethyl adjacent to an activating group) is 1. The Kier molecular flexibility index (Phi) is 2.81. The normalized spacial score (nSPS) is 30.3. The Morgan fingerprint density at radius 1 is 1.20 bits per heavy atom. The molecule has 3 unspecified atom stereocenters. The Morgan fingerprint density at radius 3 is 2.40 bits per heavy atom. The third-order valence-electron chi connectivity index (χ3n) is 3.47. The molecule has 1 aliphatic carbocycles. The van der Waals surface area contributed by atoms with Gasteiger partial charge in [0.2, 0.25) is 0 Å². The summed E-state index contributed by atoms with van der Waals surface area (Å²) in [4.78, 5) is 2.12. The highest BCUT2D eigenvalue weighted by atomic mass is 16.3. The predicted octanol–water partition coefficient (Wildman–Crippen LogP) is 2.16. The predicted molar refractivity (Wildman–Crippen MR) is 61.9 cm³/mol. The van der Waals surface area contributed by atoms with Crippen LogP contribution in [0, 0.1) is 0 Å². The van der Waals surface area contributed by atoms with Crippen molar-refractivity contribution in [1.29, 1.82) is 0 Å². The van der Waals surface area contributed by atoms with Gasteiger partial charge in [-0.05, 0) is 37.6 Å². The summed E-state index contributed by atoms with van der Waals surface area (Å²) in [6.45, 7) is 2.24. The lowest BCUT2D eigenvalue weighted by Crippen LogP contribution is -2.38. The van der Waals surface area contributed by atoms with Gasteiger partial charge in [0.1, 0.15) is 0 Å². The van der Waals surface area contributed by atoms with E-state index >= 15 is 0 Å². The lowest BCUT2D eigenvalue weighted by atomic mass is 9.79. The Hall–Kier alpha value is -0.860. The summed E-state index contributed by atoms with van der Waals surface area (Å²) in [6, 6.07) is 8.49. The lowest BCUT2D eigenvalue weighted by molar-refractivity contribution is 0.0574. The lowest BCUT2D eigenvalue weighted by Gasteiger charge is -2.37. The summed E-state index contributed by atoms with van der Waals surface area (Å²) in [5, 5.41) is 10.3. The summed E-state index contributed by atoms with van der Waals surface area (Å²) >= 11 is 0. The maximum atomic E-state index is 10.3. The molecule has 0 bridgehead atoms. The number of nitrogens with zero attached hydrogens (tertiary/aromatic N) is 1. The highest BCUT2D eigenvalue weighted by Gasteiger charge is 2.32. The number of hydrogen-bond donors (Lipinski definition) is 1. The fourth-order valence-electron chi connectivity index (χ4n) is 2.55. The summed E-state index contributed by atoms with van der Waals surface area (Å²) < 4.78 is 0. The van der Waals surface area contributed by atoms with Crippen LogP contribution in [0.1, 0.15) is 36.5 Å². The van der Waals surface area contributed by atoms with Crippen molar-refractivity contribution in [2.45, 2.75) is 31.4 Å². The number of benzene rings is 1. The topological polar surface area (TPSA) is 23.5 Å². The molecular weight excluding hydrogens is 186 g/mol. The molecule has 2 heteroatoms. The van der Waals surface area contributed by atoms with E-state index in [2.05, 4.69) is 24.0 Å². The third-order valence-corrected chi connectivity index (χ3v) is 3.47. The van der Waals surface area contributed by atoms with Crippen molar-refractivity contribution in [2.24, 2.45) is 0 Å². The van der Waals surface area contributed by atoms with Gasteiger partial charge in [-0.3, -0.25) is 0 Å². The summed E-state index contributed by atoms with van der Waals surface area (Å²) in [5.74, 6) is 0.539. The van der Waals surface area contributed by atoms with Crippen LogP contribution < -0.4 is 0 Å². The minimum Gasteiger partial charge on any atom is -0.387 e. The number of aliphatic hydroxyl groups is 1. The molecular formula is C13H19NO. The molecule has 1 aromatic rings. The van der Waals surface area contributed by atoms with Gasteiger partial charge in [0, 0.05) is 6.04 Å². The van der Waals surface area contributed by atoms with E-state index in [1.54, 1.807) is 0 Å². The van der Waals surface area contributed by atoms with E-state index in [1.807, 2.05) is 26.2 Å². The molecule has 0 fully saturated rings. The standard InChI is InChI=1S/C13H19NO/c1-9-8-12(14(2)3)13(15)11-7-5-4-6-10(9)11/h4-7,9,12-13,15H,8H2,1-3H3. The highest BCUT2D eigenvalue weighted by molar-refractivity contribution is 5.35. The Balaban J connectivity index is 2.39. The van der Waals surface area contributed by atoms with Gasteiger partial charge in [0.15, 0.2) is 0 Å². The monoisotopic (exact) mass is 205 g/mol. The molecule has 15 heavy (non-hydrogen) atoms. The third kappa shape index (κ3) is 1.80. The molecule has 0 radical (unpaired) electrons. The van der Waals surface area contributed by atoms with E-state index in [4.69, 9.17) is 0 Å². The molecule has 82 valence electrons. The molecule has 0 heterocycles. The zero-order valence-electron chi connectivity index (χ0n) is 9.64. The molecule has 1 N–H and O–H groups in total. The Morgan fingerprint density at radius 2 is 1.80 bits per heavy atom. The van der Waals surface area contributed by atoms with E-state index in [0.29, 0.717) is 5.92 Å². The van der Waals surface area contributed by atoms with Crippen molar-refractivity contribution in [3.63, 3.8) is 0 Å². The SMILES string of the molecule is CC1CC(N(C)C)C(O)c2ccccc21. The molecule has 3 atom stereocenters. The Bertz CT molecular complexity index is 348. The van der Waals surface area contributed by atoms with Gasteiger partial charge in [-0.1, -0.05) is 31.2 Å². The van der Waals surface area contributed by atoms with Crippen molar-refractivity contribution in [3.05, 3.63) is 35.4 Å². The van der Waals surface area contributed by atoms with Gasteiger partial charge >= 0.3 is 0 Å². The Labute approximate surface area is 91.5 Å². The molecule has 0 spiro atoms. The van der Waals surface area contributed by atoms with Gasteiger partial charge in [0.05, 0.1) is 6.10 Å². The van der Waals surface area contributed by atoms with Crippen LogP contribution in [0.4, 0.5) is 0 Å². The van der Waals surface area contributed by atoms with Gasteiger partial charge in [-0.15, -0.1) is 0 Å². The van der Waals surface area contributed by atoms with Crippen LogP contribution in [0.25, 0.3) is 0 Å². The molecule has 0 saturated carbocycles. The average molecular weight is 205 g/mol. The zero-order valence-corrected chi connectivity index (χ0v) is 9.64. The first kappa shape index (κ1) is 10.7. The first-order chi connectivity index (χ1) is 7.11. The van der Waals surface area contributed by atoms with Crippen molar-refractivity contribution in [1.82, 2.24) is 4.90 Å². The number of hydrogen-bond acceptors (Lipinski definition) is 2. The highest BCUT2D eigenvalue weighted by Crippen LogP contribution is 2.38. The van der Waals surface area contributed by atoms with Crippen molar-refractivity contribution in [3.8, 4) is 0 Å². The second-order valence-corrected chi connectivity index (χ2v) is 4.74. The van der Waals surface area contributed by atoms with Gasteiger partial charge in [-0.25, -0.2) is 0 Å². The first-order valence-electron chi connectivity index (χ1n) is 5.54. The van der Waals surface area contributed by atoms with E-state index in [1.165, 1.54) is 5.56 Å². The quantitative estimate of drug-likeness (QED) is 0.759. The van der Waals surface area contributed by atoms with E-state index in [-0.39, 0.29) is 12.1 Å². The fourth-order valence-corrected chi connectivity index (χ4v) is 2.55. The van der Waals surface area contributed by atoms with Gasteiger partial charge < -0.3 is 10.0 Å². The summed E-state index contributed by atoms with van der Waals surface area (Å²) in [7, 11) is 4.07. The maximum absolute atomic E-state index is 10.3. The number of fused-ring (bicyclic) bond motifs is 1. The van der Waals surface area contributed by atoms with Crippen LogP contribution in [0.2, 0.25) is 0 Å². The first-order valence-corrected chi connectivity index (χ1v) is 5.54. The van der Waals surface area contributed by atoms with Crippen molar-refractivity contribution in [2.75, 3.05) is 14.1 Å². The van der Waals surface area contributed by atoms with Crippen LogP contribution in [-0.2, 0) is 0 Å². The minimum absolute atomic E-state index is 0.245. The van der Waals surface area contributed by atoms with Crippen LogP contribution in [0.15, 0.2) is 24.3 Å².